The molecule has 2 heterocycles. The molecule has 0 aliphatic rings. The van der Waals surface area contributed by atoms with Gasteiger partial charge in [0.25, 0.3) is 11.8 Å². The number of oxazole rings is 1. The molecule has 3 rings (SSSR count). The lowest BCUT2D eigenvalue weighted by molar-refractivity contribution is 0.101. The molecule has 0 radical (unpaired) electrons. The normalized spacial score (nSPS) is 11.0. The Kier molecular flexibility index (Phi) is 4.70. The number of anilines is 1. The molecular formula is C17H11F4N3O2. The molecule has 0 aliphatic carbocycles. The van der Waals surface area contributed by atoms with E-state index in [9.17, 15) is 22.4 Å². The van der Waals surface area contributed by atoms with Gasteiger partial charge in [0.15, 0.2) is 11.6 Å². The fourth-order valence-corrected chi connectivity index (χ4v) is 2.31. The first kappa shape index (κ1) is 17.6. The number of amides is 1. The van der Waals surface area contributed by atoms with Gasteiger partial charge in [0.1, 0.15) is 17.0 Å². The van der Waals surface area contributed by atoms with Crippen molar-refractivity contribution in [2.75, 3.05) is 5.32 Å². The molecule has 0 unspecified atom stereocenters. The molecule has 2 aromatic heterocycles. The van der Waals surface area contributed by atoms with Gasteiger partial charge in [-0.05, 0) is 19.1 Å². The van der Waals surface area contributed by atoms with Crippen molar-refractivity contribution in [3.63, 3.8) is 0 Å². The first-order chi connectivity index (χ1) is 12.4. The van der Waals surface area contributed by atoms with Gasteiger partial charge in [-0.25, -0.2) is 13.8 Å². The van der Waals surface area contributed by atoms with E-state index in [2.05, 4.69) is 15.3 Å². The maximum absolute atomic E-state index is 13.6. The number of aryl methyl sites for hydroxylation is 1. The van der Waals surface area contributed by atoms with Crippen LogP contribution >= 0.6 is 0 Å². The summed E-state index contributed by atoms with van der Waals surface area (Å²) in [6, 6.07) is 5.91. The van der Waals surface area contributed by atoms with E-state index in [1.54, 1.807) is 0 Å². The molecule has 1 aromatic carbocycles. The first-order valence-electron chi connectivity index (χ1n) is 7.33. The zero-order valence-electron chi connectivity index (χ0n) is 13.3. The van der Waals surface area contributed by atoms with Crippen molar-refractivity contribution in [3.8, 4) is 11.3 Å². The van der Waals surface area contributed by atoms with Crippen molar-refractivity contribution < 1.29 is 26.8 Å². The molecule has 0 spiro atoms. The number of carbonyl (C=O) groups excluding carboxylic acids is 1. The third kappa shape index (κ3) is 3.41. The van der Waals surface area contributed by atoms with E-state index in [4.69, 9.17) is 4.42 Å². The van der Waals surface area contributed by atoms with Crippen LogP contribution in [0.4, 0.5) is 23.2 Å². The highest BCUT2D eigenvalue weighted by Crippen LogP contribution is 2.28. The van der Waals surface area contributed by atoms with Crippen molar-refractivity contribution >= 4 is 11.6 Å². The number of hydrogen-bond acceptors (Lipinski definition) is 4. The average molecular weight is 365 g/mol. The predicted molar refractivity (Wildman–Crippen MR) is 83.7 cm³/mol. The Bertz CT molecular complexity index is 935. The Labute approximate surface area is 144 Å². The summed E-state index contributed by atoms with van der Waals surface area (Å²) in [6.07, 6.45) is -1.37. The fourth-order valence-electron chi connectivity index (χ4n) is 2.31. The SMILES string of the molecule is Cc1oc(C(F)F)nc1-c1ccc(NC(=O)c2c(F)cncc2F)cc1. The van der Waals surface area contributed by atoms with Crippen LogP contribution in [0.5, 0.6) is 0 Å². The smallest absolute Gasteiger partial charge is 0.313 e. The van der Waals surface area contributed by atoms with Gasteiger partial charge in [-0.15, -0.1) is 0 Å². The highest BCUT2D eigenvalue weighted by atomic mass is 19.3. The van der Waals surface area contributed by atoms with E-state index in [1.165, 1.54) is 31.2 Å². The van der Waals surface area contributed by atoms with E-state index in [0.29, 0.717) is 5.56 Å². The molecule has 0 bridgehead atoms. The molecule has 3 aromatic rings. The summed E-state index contributed by atoms with van der Waals surface area (Å²) < 4.78 is 57.3. The number of rotatable bonds is 4. The van der Waals surface area contributed by atoms with Crippen molar-refractivity contribution in [1.29, 1.82) is 0 Å². The van der Waals surface area contributed by atoms with Crippen LogP contribution in [0.1, 0.15) is 28.4 Å². The minimum atomic E-state index is -2.83. The van der Waals surface area contributed by atoms with E-state index < -0.39 is 35.4 Å². The topological polar surface area (TPSA) is 68.0 Å². The first-order valence-corrected chi connectivity index (χ1v) is 7.33. The molecule has 0 atom stereocenters. The number of nitrogens with zero attached hydrogens (tertiary/aromatic N) is 2. The van der Waals surface area contributed by atoms with E-state index in [-0.39, 0.29) is 17.1 Å². The zero-order chi connectivity index (χ0) is 18.8. The van der Waals surface area contributed by atoms with Crippen molar-refractivity contribution in [3.05, 3.63) is 65.5 Å². The van der Waals surface area contributed by atoms with E-state index in [0.717, 1.165) is 12.4 Å². The second-order valence-electron chi connectivity index (χ2n) is 5.27. The molecule has 0 saturated carbocycles. The van der Waals surface area contributed by atoms with Crippen LogP contribution in [-0.2, 0) is 0 Å². The number of aromatic nitrogens is 2. The van der Waals surface area contributed by atoms with Gasteiger partial charge in [-0.1, -0.05) is 12.1 Å². The Balaban J connectivity index is 1.81. The lowest BCUT2D eigenvalue weighted by atomic mass is 10.1. The minimum absolute atomic E-state index is 0.220. The van der Waals surface area contributed by atoms with Gasteiger partial charge in [-0.2, -0.15) is 8.78 Å². The molecule has 26 heavy (non-hydrogen) atoms. The lowest BCUT2D eigenvalue weighted by Crippen LogP contribution is -2.16. The van der Waals surface area contributed by atoms with Crippen molar-refractivity contribution in [2.24, 2.45) is 0 Å². The molecule has 134 valence electrons. The summed E-state index contributed by atoms with van der Waals surface area (Å²) in [7, 11) is 0. The summed E-state index contributed by atoms with van der Waals surface area (Å²) in [5.74, 6) is -3.61. The Morgan fingerprint density at radius 1 is 1.12 bits per heavy atom. The van der Waals surface area contributed by atoms with Crippen LogP contribution in [0.2, 0.25) is 0 Å². The van der Waals surface area contributed by atoms with Crippen LogP contribution in [0.15, 0.2) is 41.1 Å². The van der Waals surface area contributed by atoms with Gasteiger partial charge in [0.05, 0.1) is 12.4 Å². The van der Waals surface area contributed by atoms with Crippen LogP contribution in [-0.4, -0.2) is 15.9 Å². The standard InChI is InChI=1S/C17H11F4N3O2/c1-8-14(24-17(26-8)15(20)21)9-2-4-10(5-3-9)23-16(25)13-11(18)6-22-7-12(13)19/h2-7,15H,1H3,(H,23,25). The predicted octanol–water partition coefficient (Wildman–Crippen LogP) is 4.51. The maximum Gasteiger partial charge on any atom is 0.313 e. The quantitative estimate of drug-likeness (QED) is 0.691. The summed E-state index contributed by atoms with van der Waals surface area (Å²) in [6.45, 7) is 1.50. The molecule has 9 heteroatoms. The summed E-state index contributed by atoms with van der Waals surface area (Å²) in [5.41, 5.74) is 0.226. The summed E-state index contributed by atoms with van der Waals surface area (Å²) in [4.78, 5) is 19.0. The van der Waals surface area contributed by atoms with Crippen LogP contribution in [0.25, 0.3) is 11.3 Å². The molecule has 0 fully saturated rings. The van der Waals surface area contributed by atoms with Gasteiger partial charge in [0, 0.05) is 11.3 Å². The molecule has 1 amide bonds. The van der Waals surface area contributed by atoms with Crippen LogP contribution < -0.4 is 5.32 Å². The number of alkyl halides is 2. The monoisotopic (exact) mass is 365 g/mol. The third-order valence-electron chi connectivity index (χ3n) is 3.50. The Hall–Kier alpha value is -3.23. The van der Waals surface area contributed by atoms with E-state index >= 15 is 0 Å². The zero-order valence-corrected chi connectivity index (χ0v) is 13.3. The average Bonchev–Trinajstić information content (AvgIpc) is 2.97. The molecule has 5 nitrogen and oxygen atoms in total. The number of carbonyl (C=O) groups is 1. The number of halogens is 4. The highest BCUT2D eigenvalue weighted by molar-refractivity contribution is 6.04. The van der Waals surface area contributed by atoms with Gasteiger partial charge in [-0.3, -0.25) is 9.78 Å². The number of pyridine rings is 1. The van der Waals surface area contributed by atoms with Crippen molar-refractivity contribution in [2.45, 2.75) is 13.3 Å². The van der Waals surface area contributed by atoms with Crippen LogP contribution in [0, 0.1) is 18.6 Å². The largest absolute Gasteiger partial charge is 0.440 e. The second-order valence-corrected chi connectivity index (χ2v) is 5.27. The third-order valence-corrected chi connectivity index (χ3v) is 3.50. The number of hydrogen-bond donors (Lipinski definition) is 1. The molecule has 0 saturated heterocycles. The van der Waals surface area contributed by atoms with Gasteiger partial charge in [0.2, 0.25) is 0 Å². The summed E-state index contributed by atoms with van der Waals surface area (Å²) in [5, 5.41) is 2.35. The molecule has 0 aliphatic heterocycles. The molecular weight excluding hydrogens is 354 g/mol. The van der Waals surface area contributed by atoms with Crippen LogP contribution in [0.3, 0.4) is 0 Å². The summed E-state index contributed by atoms with van der Waals surface area (Å²) >= 11 is 0. The minimum Gasteiger partial charge on any atom is -0.440 e. The second kappa shape index (κ2) is 6.95. The number of benzene rings is 1. The molecule has 1 N–H and O–H groups in total. The fraction of sp³-hybridized carbons (Fsp3) is 0.118. The maximum atomic E-state index is 13.6. The lowest BCUT2D eigenvalue weighted by Gasteiger charge is -2.07. The number of nitrogens with one attached hydrogen (secondary N) is 1. The van der Waals surface area contributed by atoms with Gasteiger partial charge >= 0.3 is 6.43 Å². The highest BCUT2D eigenvalue weighted by Gasteiger charge is 2.20. The van der Waals surface area contributed by atoms with Gasteiger partial charge < -0.3 is 9.73 Å². The Morgan fingerprint density at radius 3 is 2.27 bits per heavy atom. The van der Waals surface area contributed by atoms with Crippen molar-refractivity contribution in [1.82, 2.24) is 9.97 Å². The van der Waals surface area contributed by atoms with E-state index in [1.807, 2.05) is 0 Å². The Morgan fingerprint density at radius 2 is 1.73 bits per heavy atom.